The molecule has 0 fully saturated rings. The van der Waals surface area contributed by atoms with E-state index in [9.17, 15) is 26.0 Å². The maximum atomic E-state index is 12.9. The van der Waals surface area contributed by atoms with Crippen molar-refractivity contribution in [1.82, 2.24) is 0 Å². The van der Waals surface area contributed by atoms with Crippen LogP contribution in [0, 0.1) is 5.82 Å². The summed E-state index contributed by atoms with van der Waals surface area (Å²) in [7, 11) is -4.10. The Bertz CT molecular complexity index is 807. The number of benzene rings is 2. The minimum Gasteiger partial charge on any atom is -0.406 e. The van der Waals surface area contributed by atoms with Gasteiger partial charge in [-0.3, -0.25) is 4.72 Å². The molecule has 0 saturated heterocycles. The van der Waals surface area contributed by atoms with Gasteiger partial charge in [-0.1, -0.05) is 11.6 Å². The molecule has 0 aliphatic rings. The molecule has 0 unspecified atom stereocenters. The highest BCUT2D eigenvalue weighted by molar-refractivity contribution is 7.92. The summed E-state index contributed by atoms with van der Waals surface area (Å²) >= 11 is 5.71. The van der Waals surface area contributed by atoms with Crippen LogP contribution in [0.25, 0.3) is 0 Å². The van der Waals surface area contributed by atoms with Crippen molar-refractivity contribution in [1.29, 1.82) is 0 Å². The number of hydrogen-bond donors (Lipinski definition) is 1. The summed E-state index contributed by atoms with van der Waals surface area (Å²) in [6.07, 6.45) is -4.87. The molecular weight excluding hydrogens is 362 g/mol. The topological polar surface area (TPSA) is 55.4 Å². The van der Waals surface area contributed by atoms with Gasteiger partial charge in [0.1, 0.15) is 11.6 Å². The zero-order valence-electron chi connectivity index (χ0n) is 11.1. The predicted molar refractivity (Wildman–Crippen MR) is 75.3 cm³/mol. The molecule has 0 aliphatic heterocycles. The van der Waals surface area contributed by atoms with Crippen LogP contribution in [0.5, 0.6) is 5.75 Å². The van der Waals surface area contributed by atoms with E-state index >= 15 is 0 Å². The first-order valence-corrected chi connectivity index (χ1v) is 7.77. The quantitative estimate of drug-likeness (QED) is 0.823. The molecule has 0 aliphatic carbocycles. The average Bonchev–Trinajstić information content (AvgIpc) is 2.41. The summed E-state index contributed by atoms with van der Waals surface area (Å²) in [4.78, 5) is -0.313. The van der Waals surface area contributed by atoms with E-state index < -0.39 is 28.0 Å². The molecule has 2 aromatic rings. The molecule has 0 radical (unpaired) electrons. The standard InChI is InChI=1S/C13H8ClF4NO3S/c14-11-7-8(15)1-6-12(11)19-23(20,21)10-4-2-9(3-5-10)22-13(16,17)18/h1-7,19H. The molecule has 1 N–H and O–H groups in total. The molecule has 4 nitrogen and oxygen atoms in total. The number of nitrogens with one attached hydrogen (secondary N) is 1. The minimum atomic E-state index is -4.87. The molecule has 2 aromatic carbocycles. The van der Waals surface area contributed by atoms with Crippen LogP contribution in [0.1, 0.15) is 0 Å². The molecule has 2 rings (SSSR count). The summed E-state index contributed by atoms with van der Waals surface area (Å²) in [6, 6.07) is 6.62. The van der Waals surface area contributed by atoms with Gasteiger partial charge in [0, 0.05) is 0 Å². The Morgan fingerprint density at radius 3 is 2.17 bits per heavy atom. The average molecular weight is 370 g/mol. The Hall–Kier alpha value is -2.00. The van der Waals surface area contributed by atoms with Gasteiger partial charge in [0.2, 0.25) is 0 Å². The van der Waals surface area contributed by atoms with E-state index in [4.69, 9.17) is 11.6 Å². The second-order valence-corrected chi connectivity index (χ2v) is 6.34. The number of hydrogen-bond acceptors (Lipinski definition) is 3. The van der Waals surface area contributed by atoms with Crippen molar-refractivity contribution in [2.75, 3.05) is 4.72 Å². The Morgan fingerprint density at radius 1 is 1.04 bits per heavy atom. The number of halogens is 5. The Morgan fingerprint density at radius 2 is 1.65 bits per heavy atom. The first-order chi connectivity index (χ1) is 10.6. The lowest BCUT2D eigenvalue weighted by molar-refractivity contribution is -0.274. The third kappa shape index (κ3) is 4.73. The Balaban J connectivity index is 2.22. The third-order valence-electron chi connectivity index (χ3n) is 2.54. The first-order valence-electron chi connectivity index (χ1n) is 5.90. The summed E-state index contributed by atoms with van der Waals surface area (Å²) in [5.74, 6) is -1.21. The largest absolute Gasteiger partial charge is 0.573 e. The summed E-state index contributed by atoms with van der Waals surface area (Å²) in [6.45, 7) is 0. The maximum Gasteiger partial charge on any atom is 0.573 e. The third-order valence-corrected chi connectivity index (χ3v) is 4.24. The van der Waals surface area contributed by atoms with Crippen molar-refractivity contribution in [3.8, 4) is 5.75 Å². The highest BCUT2D eigenvalue weighted by Gasteiger charge is 2.31. The smallest absolute Gasteiger partial charge is 0.406 e. The highest BCUT2D eigenvalue weighted by Crippen LogP contribution is 2.27. The molecule has 23 heavy (non-hydrogen) atoms. The van der Waals surface area contributed by atoms with Gasteiger partial charge in [-0.2, -0.15) is 0 Å². The second-order valence-electron chi connectivity index (χ2n) is 4.25. The van der Waals surface area contributed by atoms with Crippen LogP contribution in [0.3, 0.4) is 0 Å². The van der Waals surface area contributed by atoms with Gasteiger partial charge in [0.25, 0.3) is 10.0 Å². The number of rotatable bonds is 4. The minimum absolute atomic E-state index is 0.0660. The van der Waals surface area contributed by atoms with Gasteiger partial charge in [0.05, 0.1) is 15.6 Å². The zero-order valence-corrected chi connectivity index (χ0v) is 12.6. The summed E-state index contributed by atoms with van der Waals surface area (Å²) < 4.78 is 79.0. The Kier molecular flexibility index (Phi) is 4.71. The fraction of sp³-hybridized carbons (Fsp3) is 0.0769. The van der Waals surface area contributed by atoms with Crippen LogP contribution >= 0.6 is 11.6 Å². The summed E-state index contributed by atoms with van der Waals surface area (Å²) in [5.41, 5.74) is -0.0660. The van der Waals surface area contributed by atoms with Crippen molar-refractivity contribution >= 4 is 27.3 Å². The van der Waals surface area contributed by atoms with Gasteiger partial charge in [-0.05, 0) is 42.5 Å². The van der Waals surface area contributed by atoms with E-state index in [0.717, 1.165) is 42.5 Å². The molecule has 10 heteroatoms. The van der Waals surface area contributed by atoms with Crippen LogP contribution in [-0.2, 0) is 10.0 Å². The van der Waals surface area contributed by atoms with Crippen LogP contribution in [-0.4, -0.2) is 14.8 Å². The maximum absolute atomic E-state index is 12.9. The number of ether oxygens (including phenoxy) is 1. The van der Waals surface area contributed by atoms with Crippen LogP contribution in [0.15, 0.2) is 47.4 Å². The number of alkyl halides is 3. The fourth-order valence-corrected chi connectivity index (χ4v) is 2.95. The summed E-state index contributed by atoms with van der Waals surface area (Å²) in [5, 5.41) is -0.161. The van der Waals surface area contributed by atoms with Crippen LogP contribution in [0.4, 0.5) is 23.2 Å². The normalized spacial score (nSPS) is 12.0. The lowest BCUT2D eigenvalue weighted by Gasteiger charge is -2.11. The zero-order chi connectivity index (χ0) is 17.3. The molecule has 0 atom stereocenters. The van der Waals surface area contributed by atoms with Gasteiger partial charge < -0.3 is 4.74 Å². The van der Waals surface area contributed by atoms with Crippen molar-refractivity contribution in [2.45, 2.75) is 11.3 Å². The molecule has 0 amide bonds. The van der Waals surface area contributed by atoms with Crippen molar-refractivity contribution < 1.29 is 30.7 Å². The lowest BCUT2D eigenvalue weighted by Crippen LogP contribution is -2.17. The van der Waals surface area contributed by atoms with E-state index in [2.05, 4.69) is 9.46 Å². The monoisotopic (exact) mass is 369 g/mol. The second kappa shape index (κ2) is 6.25. The molecule has 124 valence electrons. The highest BCUT2D eigenvalue weighted by atomic mass is 35.5. The molecule has 0 bridgehead atoms. The number of anilines is 1. The SMILES string of the molecule is O=S(=O)(Nc1ccc(F)cc1Cl)c1ccc(OC(F)(F)F)cc1. The van der Waals surface area contributed by atoms with E-state index in [1.165, 1.54) is 0 Å². The first kappa shape index (κ1) is 17.4. The predicted octanol–water partition coefficient (Wildman–Crippen LogP) is 4.18. The van der Waals surface area contributed by atoms with Crippen molar-refractivity contribution in [2.24, 2.45) is 0 Å². The van der Waals surface area contributed by atoms with Crippen molar-refractivity contribution in [3.05, 3.63) is 53.3 Å². The van der Waals surface area contributed by atoms with Crippen molar-refractivity contribution in [3.63, 3.8) is 0 Å². The van der Waals surface area contributed by atoms with E-state index in [1.54, 1.807) is 0 Å². The van der Waals surface area contributed by atoms with Gasteiger partial charge in [-0.25, -0.2) is 12.8 Å². The van der Waals surface area contributed by atoms with Gasteiger partial charge in [-0.15, -0.1) is 13.2 Å². The Labute approximate surface area is 133 Å². The van der Waals surface area contributed by atoms with E-state index in [-0.39, 0.29) is 15.6 Å². The molecule has 0 spiro atoms. The van der Waals surface area contributed by atoms with Crippen LogP contribution in [0.2, 0.25) is 5.02 Å². The van der Waals surface area contributed by atoms with Gasteiger partial charge in [0.15, 0.2) is 0 Å². The van der Waals surface area contributed by atoms with Gasteiger partial charge >= 0.3 is 6.36 Å². The molecule has 0 saturated carbocycles. The molecule has 0 aromatic heterocycles. The van der Waals surface area contributed by atoms with E-state index in [0.29, 0.717) is 0 Å². The number of sulfonamides is 1. The molecular formula is C13H8ClF4NO3S. The molecule has 0 heterocycles. The fourth-order valence-electron chi connectivity index (χ4n) is 1.60. The lowest BCUT2D eigenvalue weighted by atomic mass is 10.3. The van der Waals surface area contributed by atoms with Crippen LogP contribution < -0.4 is 9.46 Å². The van der Waals surface area contributed by atoms with E-state index in [1.807, 2.05) is 0 Å².